The lowest BCUT2D eigenvalue weighted by Gasteiger charge is -2.17. The third-order valence-electron chi connectivity index (χ3n) is 1.69. The summed E-state index contributed by atoms with van der Waals surface area (Å²) in [6.07, 6.45) is 7.16. The zero-order valence-electron chi connectivity index (χ0n) is 8.33. The summed E-state index contributed by atoms with van der Waals surface area (Å²) in [6.45, 7) is 4.11. The maximum atomic E-state index is 5.26. The van der Waals surface area contributed by atoms with Gasteiger partial charge in [0, 0.05) is 14.2 Å². The van der Waals surface area contributed by atoms with Crippen LogP contribution in [0.25, 0.3) is 0 Å². The number of hydrogen-bond donors (Lipinski definition) is 0. The fourth-order valence-electron chi connectivity index (χ4n) is 0.664. The molecule has 0 amide bonds. The molecule has 0 aromatic carbocycles. The largest absolute Gasteiger partial charge is 0.395 e. The molecular formula is C9H18O2Si. The summed E-state index contributed by atoms with van der Waals surface area (Å²) >= 11 is 0. The first-order chi connectivity index (χ1) is 5.68. The molecule has 0 aromatic heterocycles. The van der Waals surface area contributed by atoms with Gasteiger partial charge in [0.2, 0.25) is 0 Å². The predicted octanol–water partition coefficient (Wildman–Crippen LogP) is 2.41. The molecule has 2 nitrogen and oxygen atoms in total. The second-order valence-corrected chi connectivity index (χ2v) is 5.80. The Balaban J connectivity index is 4.01. The molecule has 0 aliphatic heterocycles. The van der Waals surface area contributed by atoms with E-state index in [9.17, 15) is 0 Å². The molecule has 12 heavy (non-hydrogen) atoms. The molecule has 0 saturated heterocycles. The van der Waals surface area contributed by atoms with Gasteiger partial charge in [0.15, 0.2) is 0 Å². The fourth-order valence-corrected chi connectivity index (χ4v) is 1.56. The summed E-state index contributed by atoms with van der Waals surface area (Å²) in [7, 11) is 1.39. The predicted molar refractivity (Wildman–Crippen MR) is 54.2 cm³/mol. The summed E-state index contributed by atoms with van der Waals surface area (Å²) in [6, 6.07) is 0. The van der Waals surface area contributed by atoms with Crippen LogP contribution >= 0.6 is 0 Å². The number of allylic oxidation sites excluding steroid dienone is 3. The van der Waals surface area contributed by atoms with Crippen LogP contribution in [0.15, 0.2) is 23.9 Å². The Labute approximate surface area is 76.1 Å². The molecule has 0 bridgehead atoms. The molecular weight excluding hydrogens is 168 g/mol. The van der Waals surface area contributed by atoms with Crippen molar-refractivity contribution in [2.24, 2.45) is 0 Å². The van der Waals surface area contributed by atoms with E-state index < -0.39 is 8.56 Å². The van der Waals surface area contributed by atoms with E-state index in [-0.39, 0.29) is 0 Å². The van der Waals surface area contributed by atoms with Crippen LogP contribution in [0.4, 0.5) is 0 Å². The Morgan fingerprint density at radius 1 is 1.17 bits per heavy atom. The molecule has 0 radical (unpaired) electrons. The lowest BCUT2D eigenvalue weighted by molar-refractivity contribution is 0.264. The van der Waals surface area contributed by atoms with Gasteiger partial charge in [0.25, 0.3) is 0 Å². The third kappa shape index (κ3) is 4.49. The first-order valence-electron chi connectivity index (χ1n) is 4.13. The van der Waals surface area contributed by atoms with Crippen molar-refractivity contribution in [3.63, 3.8) is 0 Å². The van der Waals surface area contributed by atoms with Gasteiger partial charge in [-0.3, -0.25) is 0 Å². The van der Waals surface area contributed by atoms with E-state index in [0.29, 0.717) is 0 Å². The van der Waals surface area contributed by atoms with Crippen molar-refractivity contribution < 1.29 is 8.85 Å². The van der Waals surface area contributed by atoms with Crippen LogP contribution in [0, 0.1) is 0 Å². The molecule has 70 valence electrons. The highest BCUT2D eigenvalue weighted by atomic mass is 28.4. The van der Waals surface area contributed by atoms with E-state index in [2.05, 4.69) is 13.0 Å². The van der Waals surface area contributed by atoms with Gasteiger partial charge in [-0.05, 0) is 18.7 Å². The topological polar surface area (TPSA) is 18.5 Å². The van der Waals surface area contributed by atoms with Gasteiger partial charge >= 0.3 is 8.56 Å². The van der Waals surface area contributed by atoms with Crippen LogP contribution in [0.5, 0.6) is 0 Å². The van der Waals surface area contributed by atoms with Crippen LogP contribution in [0.1, 0.15) is 13.3 Å². The summed E-state index contributed by atoms with van der Waals surface area (Å²) in [5.41, 5.74) is 2.01. The van der Waals surface area contributed by atoms with Crippen molar-refractivity contribution in [1.29, 1.82) is 0 Å². The van der Waals surface area contributed by atoms with Gasteiger partial charge < -0.3 is 8.85 Å². The van der Waals surface area contributed by atoms with Crippen molar-refractivity contribution in [2.75, 3.05) is 14.2 Å². The second-order valence-electron chi connectivity index (χ2n) is 2.62. The second kappa shape index (κ2) is 6.17. The van der Waals surface area contributed by atoms with Crippen LogP contribution in [0.2, 0.25) is 6.55 Å². The Morgan fingerprint density at radius 2 is 1.75 bits per heavy atom. The zero-order chi connectivity index (χ0) is 9.45. The van der Waals surface area contributed by atoms with Crippen LogP contribution in [-0.2, 0) is 8.85 Å². The summed E-state index contributed by atoms with van der Waals surface area (Å²) in [4.78, 5) is 0. The maximum Gasteiger partial charge on any atom is 0.361 e. The molecule has 0 aliphatic rings. The smallest absolute Gasteiger partial charge is 0.361 e. The average molecular weight is 186 g/mol. The molecule has 0 fully saturated rings. The Bertz CT molecular complexity index is 160. The van der Waals surface area contributed by atoms with Crippen LogP contribution < -0.4 is 0 Å². The quantitative estimate of drug-likeness (QED) is 0.485. The van der Waals surface area contributed by atoms with Gasteiger partial charge in [-0.2, -0.15) is 0 Å². The minimum Gasteiger partial charge on any atom is -0.395 e. The Kier molecular flexibility index (Phi) is 5.97. The van der Waals surface area contributed by atoms with Crippen LogP contribution in [-0.4, -0.2) is 22.8 Å². The Morgan fingerprint density at radius 3 is 2.17 bits per heavy atom. The van der Waals surface area contributed by atoms with Gasteiger partial charge in [0.05, 0.1) is 0 Å². The van der Waals surface area contributed by atoms with Gasteiger partial charge in [0.1, 0.15) is 0 Å². The molecule has 0 aromatic rings. The van der Waals surface area contributed by atoms with E-state index in [0.717, 1.165) is 6.42 Å². The molecule has 0 atom stereocenters. The van der Waals surface area contributed by atoms with Gasteiger partial charge in [-0.15, -0.1) is 0 Å². The highest BCUT2D eigenvalue weighted by Gasteiger charge is 2.23. The van der Waals surface area contributed by atoms with Gasteiger partial charge in [-0.1, -0.05) is 25.2 Å². The molecule has 0 saturated carbocycles. The lowest BCUT2D eigenvalue weighted by Crippen LogP contribution is -2.33. The van der Waals surface area contributed by atoms with Crippen molar-refractivity contribution in [2.45, 2.75) is 19.9 Å². The highest BCUT2D eigenvalue weighted by Crippen LogP contribution is 2.05. The normalized spacial score (nSPS) is 13.3. The van der Waals surface area contributed by atoms with E-state index in [1.807, 2.05) is 24.4 Å². The molecule has 0 heterocycles. The molecule has 0 aliphatic carbocycles. The van der Waals surface area contributed by atoms with E-state index >= 15 is 0 Å². The molecule has 0 spiro atoms. The van der Waals surface area contributed by atoms with Crippen molar-refractivity contribution in [3.05, 3.63) is 23.9 Å². The van der Waals surface area contributed by atoms with Crippen molar-refractivity contribution in [1.82, 2.24) is 0 Å². The zero-order valence-corrected chi connectivity index (χ0v) is 9.33. The highest BCUT2D eigenvalue weighted by molar-refractivity contribution is 6.71. The van der Waals surface area contributed by atoms with E-state index in [4.69, 9.17) is 8.85 Å². The van der Waals surface area contributed by atoms with Gasteiger partial charge in [-0.25, -0.2) is 0 Å². The molecule has 0 N–H and O–H groups in total. The summed E-state index contributed by atoms with van der Waals surface area (Å²) in [5.74, 6) is 0. The summed E-state index contributed by atoms with van der Waals surface area (Å²) < 4.78 is 10.5. The SMILES string of the molecule is CC/C=C/C=C/[Si](C)(OC)OC. The maximum absolute atomic E-state index is 5.26. The molecule has 0 rings (SSSR count). The first-order valence-corrected chi connectivity index (χ1v) is 6.52. The number of rotatable bonds is 5. The fraction of sp³-hybridized carbons (Fsp3) is 0.556. The molecule has 0 unspecified atom stereocenters. The first kappa shape index (κ1) is 11.6. The minimum atomic E-state index is -1.98. The standard InChI is InChI=1S/C9H18O2Si/c1-5-6-7-8-9-12(4,10-2)11-3/h6-9H,5H2,1-4H3/b7-6+,9-8+. The van der Waals surface area contributed by atoms with Crippen molar-refractivity contribution in [3.8, 4) is 0 Å². The van der Waals surface area contributed by atoms with E-state index in [1.54, 1.807) is 14.2 Å². The number of hydrogen-bond acceptors (Lipinski definition) is 2. The minimum absolute atomic E-state index is 1.06. The average Bonchev–Trinajstić information content (AvgIpc) is 2.12. The Hall–Kier alpha value is -0.383. The third-order valence-corrected chi connectivity index (χ3v) is 4.11. The van der Waals surface area contributed by atoms with Crippen LogP contribution in [0.3, 0.4) is 0 Å². The molecule has 3 heteroatoms. The van der Waals surface area contributed by atoms with Crippen molar-refractivity contribution >= 4 is 8.56 Å². The lowest BCUT2D eigenvalue weighted by atomic mass is 10.4. The monoisotopic (exact) mass is 186 g/mol. The summed E-state index contributed by atoms with van der Waals surface area (Å²) in [5, 5.41) is 0. The van der Waals surface area contributed by atoms with E-state index in [1.165, 1.54) is 0 Å².